The van der Waals surface area contributed by atoms with Gasteiger partial charge in [-0.15, -0.1) is 0 Å². The van der Waals surface area contributed by atoms with Gasteiger partial charge in [0.05, 0.1) is 16.1 Å². The largest absolute Gasteiger partial charge is 0.452 e. The summed E-state index contributed by atoms with van der Waals surface area (Å²) in [6.07, 6.45) is 0. The topological polar surface area (TPSA) is 130 Å². The summed E-state index contributed by atoms with van der Waals surface area (Å²) >= 11 is 5.97. The maximum absolute atomic E-state index is 13.1. The molecule has 0 aliphatic carbocycles. The van der Waals surface area contributed by atoms with Crippen molar-refractivity contribution >= 4 is 55.8 Å². The summed E-state index contributed by atoms with van der Waals surface area (Å²) in [5.74, 6) is -1.68. The molecule has 0 radical (unpaired) electrons. The fourth-order valence-electron chi connectivity index (χ4n) is 3.39. The molecule has 0 saturated heterocycles. The second-order valence-corrected chi connectivity index (χ2v) is 9.92. The van der Waals surface area contributed by atoms with Crippen molar-refractivity contribution in [2.24, 2.45) is 0 Å². The highest BCUT2D eigenvalue weighted by Gasteiger charge is 2.23. The number of fused-ring (bicyclic) bond motifs is 1. The van der Waals surface area contributed by atoms with E-state index < -0.39 is 28.5 Å². The lowest BCUT2D eigenvalue weighted by molar-refractivity contribution is -0.119. The minimum absolute atomic E-state index is 0.0603. The van der Waals surface area contributed by atoms with E-state index in [1.54, 1.807) is 42.5 Å². The molecular formula is C25H18ClN3O6S. The molecule has 4 rings (SSSR count). The molecule has 0 aliphatic heterocycles. The third kappa shape index (κ3) is 5.02. The molecule has 0 fully saturated rings. The van der Waals surface area contributed by atoms with Crippen LogP contribution in [0.15, 0.2) is 82.1 Å². The first-order valence-corrected chi connectivity index (χ1v) is 12.3. The molecule has 11 heteroatoms. The molecule has 9 nitrogen and oxygen atoms in total. The van der Waals surface area contributed by atoms with Crippen LogP contribution in [0.5, 0.6) is 0 Å². The zero-order chi connectivity index (χ0) is 25.9. The molecule has 4 aromatic rings. The van der Waals surface area contributed by atoms with Crippen LogP contribution < -0.4 is 9.62 Å². The van der Waals surface area contributed by atoms with Crippen LogP contribution in [0.25, 0.3) is 11.0 Å². The van der Waals surface area contributed by atoms with Crippen LogP contribution in [0.1, 0.15) is 16.1 Å². The van der Waals surface area contributed by atoms with E-state index >= 15 is 0 Å². The highest BCUT2D eigenvalue weighted by Crippen LogP contribution is 2.30. The Labute approximate surface area is 211 Å². The first-order valence-electron chi connectivity index (χ1n) is 10.4. The Balaban J connectivity index is 1.46. The van der Waals surface area contributed by atoms with Crippen LogP contribution in [-0.2, 0) is 19.6 Å². The summed E-state index contributed by atoms with van der Waals surface area (Å²) in [6, 6.07) is 20.2. The molecule has 0 unspecified atom stereocenters. The first-order chi connectivity index (χ1) is 17.2. The van der Waals surface area contributed by atoms with Gasteiger partial charge >= 0.3 is 5.97 Å². The van der Waals surface area contributed by atoms with E-state index in [0.717, 1.165) is 10.4 Å². The van der Waals surface area contributed by atoms with E-state index in [0.29, 0.717) is 21.7 Å². The Morgan fingerprint density at radius 1 is 1.08 bits per heavy atom. The number of nitrogens with one attached hydrogen (secondary N) is 1. The highest BCUT2D eigenvalue weighted by molar-refractivity contribution is 7.92. The lowest BCUT2D eigenvalue weighted by atomic mass is 10.2. The molecule has 1 aromatic heterocycles. The van der Waals surface area contributed by atoms with Crippen molar-refractivity contribution < 1.29 is 27.2 Å². The molecule has 1 heterocycles. The van der Waals surface area contributed by atoms with E-state index in [9.17, 15) is 23.3 Å². The van der Waals surface area contributed by atoms with Gasteiger partial charge in [-0.1, -0.05) is 35.9 Å². The van der Waals surface area contributed by atoms with Crippen LogP contribution in [-0.4, -0.2) is 33.9 Å². The minimum Gasteiger partial charge on any atom is -0.452 e. The zero-order valence-electron chi connectivity index (χ0n) is 18.8. The van der Waals surface area contributed by atoms with Crippen molar-refractivity contribution in [3.8, 4) is 6.07 Å². The number of para-hydroxylation sites is 1. The molecule has 36 heavy (non-hydrogen) atoms. The Bertz CT molecular complexity index is 1620. The number of carbonyl (C=O) groups is 2. The standard InChI is InChI=1S/C25H18ClN3O6S/c1-29(18-8-5-7-17(26)13-18)36(32,33)19-9-4-6-16(12-19)25(31)34-15-23(30)28-24-20-10-2-3-11-21(20)35-22(24)14-27/h2-13H,15H2,1H3,(H,28,30). The highest BCUT2D eigenvalue weighted by atomic mass is 35.5. The summed E-state index contributed by atoms with van der Waals surface area (Å²) in [4.78, 5) is 24.8. The summed E-state index contributed by atoms with van der Waals surface area (Å²) in [6.45, 7) is -0.664. The number of halogens is 1. The van der Waals surface area contributed by atoms with Crippen molar-refractivity contribution in [3.05, 3.63) is 89.1 Å². The minimum atomic E-state index is -4.01. The number of anilines is 2. The van der Waals surface area contributed by atoms with Crippen molar-refractivity contribution in [2.45, 2.75) is 4.90 Å². The van der Waals surface area contributed by atoms with Gasteiger partial charge in [0, 0.05) is 17.5 Å². The van der Waals surface area contributed by atoms with E-state index in [1.165, 1.54) is 31.3 Å². The smallest absolute Gasteiger partial charge is 0.338 e. The van der Waals surface area contributed by atoms with Gasteiger partial charge in [0.2, 0.25) is 5.76 Å². The van der Waals surface area contributed by atoms with Gasteiger partial charge in [-0.25, -0.2) is 13.2 Å². The number of sulfonamides is 1. The predicted octanol–water partition coefficient (Wildman–Crippen LogP) is 4.58. The lowest BCUT2D eigenvalue weighted by Crippen LogP contribution is -2.27. The molecule has 0 aliphatic rings. The molecular weight excluding hydrogens is 506 g/mol. The molecule has 1 amide bonds. The number of hydrogen-bond acceptors (Lipinski definition) is 7. The molecule has 1 N–H and O–H groups in total. The number of nitrogens with zero attached hydrogens (tertiary/aromatic N) is 2. The fourth-order valence-corrected chi connectivity index (χ4v) is 4.81. The third-order valence-corrected chi connectivity index (χ3v) is 7.21. The average Bonchev–Trinajstić information content (AvgIpc) is 3.24. The third-order valence-electron chi connectivity index (χ3n) is 5.20. The summed E-state index contributed by atoms with van der Waals surface area (Å²) in [5, 5.41) is 12.7. The van der Waals surface area contributed by atoms with Crippen molar-refractivity contribution in [2.75, 3.05) is 23.3 Å². The molecule has 0 bridgehead atoms. The van der Waals surface area contributed by atoms with Gasteiger partial charge < -0.3 is 14.5 Å². The van der Waals surface area contributed by atoms with Crippen molar-refractivity contribution in [1.29, 1.82) is 5.26 Å². The fraction of sp³-hybridized carbons (Fsp3) is 0.0800. The van der Waals surface area contributed by atoms with Gasteiger partial charge in [0.25, 0.3) is 15.9 Å². The number of nitriles is 1. The van der Waals surface area contributed by atoms with Gasteiger partial charge in [0.1, 0.15) is 17.3 Å². The quantitative estimate of drug-likeness (QED) is 0.351. The van der Waals surface area contributed by atoms with E-state index in [2.05, 4.69) is 5.32 Å². The Kier molecular flexibility index (Phi) is 6.96. The van der Waals surface area contributed by atoms with Crippen LogP contribution in [0.4, 0.5) is 11.4 Å². The number of carbonyl (C=O) groups excluding carboxylic acids is 2. The zero-order valence-corrected chi connectivity index (χ0v) is 20.3. The molecule has 0 spiro atoms. The van der Waals surface area contributed by atoms with Crippen LogP contribution >= 0.6 is 11.6 Å². The number of ether oxygens (including phenoxy) is 1. The Morgan fingerprint density at radius 2 is 1.83 bits per heavy atom. The Morgan fingerprint density at radius 3 is 2.58 bits per heavy atom. The van der Waals surface area contributed by atoms with Gasteiger partial charge in [-0.05, 0) is 48.5 Å². The van der Waals surface area contributed by atoms with Crippen molar-refractivity contribution in [3.63, 3.8) is 0 Å². The van der Waals surface area contributed by atoms with E-state index in [-0.39, 0.29) is 21.9 Å². The normalized spacial score (nSPS) is 11.0. The van der Waals surface area contributed by atoms with Gasteiger partial charge in [0.15, 0.2) is 6.61 Å². The number of rotatable bonds is 7. The predicted molar refractivity (Wildman–Crippen MR) is 133 cm³/mol. The SMILES string of the molecule is CN(c1cccc(Cl)c1)S(=O)(=O)c1cccc(C(=O)OCC(=O)Nc2c(C#N)oc3ccccc23)c1. The number of hydrogen-bond donors (Lipinski definition) is 1. The molecule has 0 saturated carbocycles. The maximum Gasteiger partial charge on any atom is 0.338 e. The molecule has 182 valence electrons. The second-order valence-electron chi connectivity index (χ2n) is 7.52. The Hall–Kier alpha value is -4.33. The van der Waals surface area contributed by atoms with Gasteiger partial charge in [-0.3, -0.25) is 9.10 Å². The summed E-state index contributed by atoms with van der Waals surface area (Å²) in [5.41, 5.74) is 0.874. The second kappa shape index (κ2) is 10.1. The molecule has 3 aromatic carbocycles. The van der Waals surface area contributed by atoms with Crippen LogP contribution in [0.3, 0.4) is 0 Å². The summed E-state index contributed by atoms with van der Waals surface area (Å²) < 4.78 is 37.6. The van der Waals surface area contributed by atoms with Crippen LogP contribution in [0.2, 0.25) is 5.02 Å². The molecule has 0 atom stereocenters. The number of benzene rings is 3. The lowest BCUT2D eigenvalue weighted by Gasteiger charge is -2.20. The van der Waals surface area contributed by atoms with Crippen LogP contribution in [0, 0.1) is 11.3 Å². The number of esters is 1. The monoisotopic (exact) mass is 523 g/mol. The maximum atomic E-state index is 13.1. The van der Waals surface area contributed by atoms with Gasteiger partial charge in [-0.2, -0.15) is 5.26 Å². The number of furan rings is 1. The average molecular weight is 524 g/mol. The number of amides is 1. The van der Waals surface area contributed by atoms with Crippen molar-refractivity contribution in [1.82, 2.24) is 0 Å². The summed E-state index contributed by atoms with van der Waals surface area (Å²) in [7, 11) is -2.65. The van der Waals surface area contributed by atoms with E-state index in [4.69, 9.17) is 20.8 Å². The van der Waals surface area contributed by atoms with E-state index in [1.807, 2.05) is 6.07 Å². The first kappa shape index (κ1) is 24.8.